The van der Waals surface area contributed by atoms with Crippen LogP contribution in [-0.2, 0) is 11.3 Å². The van der Waals surface area contributed by atoms with Crippen molar-refractivity contribution in [3.05, 3.63) is 35.9 Å². The van der Waals surface area contributed by atoms with Crippen molar-refractivity contribution < 1.29 is 9.84 Å². The number of aliphatic hydroxyl groups is 1. The van der Waals surface area contributed by atoms with Gasteiger partial charge in [-0.25, -0.2) is 0 Å². The summed E-state index contributed by atoms with van der Waals surface area (Å²) in [7, 11) is 0. The van der Waals surface area contributed by atoms with Gasteiger partial charge < -0.3 is 9.84 Å². The van der Waals surface area contributed by atoms with E-state index in [0.717, 1.165) is 5.56 Å². The predicted molar refractivity (Wildman–Crippen MR) is 61.6 cm³/mol. The zero-order valence-corrected chi connectivity index (χ0v) is 9.73. The van der Waals surface area contributed by atoms with Crippen LogP contribution in [0.3, 0.4) is 0 Å². The average molecular weight is 208 g/mol. The number of benzene rings is 1. The highest BCUT2D eigenvalue weighted by molar-refractivity contribution is 5.13. The first-order chi connectivity index (χ1) is 7.06. The lowest BCUT2D eigenvalue weighted by atomic mass is 9.97. The standard InChI is InChI=1S/C13H20O2/c1-4-13(3,14)11(2)15-10-12-8-6-5-7-9-12/h5-9,11,14H,4,10H2,1-3H3/t11-,13+/m1/s1. The van der Waals surface area contributed by atoms with Gasteiger partial charge in [0.15, 0.2) is 0 Å². The molecule has 0 heterocycles. The molecule has 2 atom stereocenters. The molecule has 15 heavy (non-hydrogen) atoms. The van der Waals surface area contributed by atoms with Crippen LogP contribution in [0.25, 0.3) is 0 Å². The fraction of sp³-hybridized carbons (Fsp3) is 0.538. The Hall–Kier alpha value is -0.860. The lowest BCUT2D eigenvalue weighted by Crippen LogP contribution is -2.38. The quantitative estimate of drug-likeness (QED) is 0.806. The Kier molecular flexibility index (Phi) is 4.30. The summed E-state index contributed by atoms with van der Waals surface area (Å²) in [6.45, 7) is 6.23. The molecule has 0 amide bonds. The first-order valence-electron chi connectivity index (χ1n) is 5.44. The molecule has 1 aromatic carbocycles. The van der Waals surface area contributed by atoms with Crippen molar-refractivity contribution in [2.45, 2.75) is 45.5 Å². The Morgan fingerprint density at radius 2 is 1.93 bits per heavy atom. The van der Waals surface area contributed by atoms with Crippen LogP contribution in [0.1, 0.15) is 32.8 Å². The Labute approximate surface area is 91.9 Å². The second-order valence-electron chi connectivity index (χ2n) is 4.15. The lowest BCUT2D eigenvalue weighted by Gasteiger charge is -2.29. The van der Waals surface area contributed by atoms with Gasteiger partial charge in [0.2, 0.25) is 0 Å². The monoisotopic (exact) mass is 208 g/mol. The number of hydrogen-bond donors (Lipinski definition) is 1. The third-order valence-corrected chi connectivity index (χ3v) is 2.93. The average Bonchev–Trinajstić information content (AvgIpc) is 2.27. The summed E-state index contributed by atoms with van der Waals surface area (Å²) in [4.78, 5) is 0. The van der Waals surface area contributed by atoms with E-state index in [4.69, 9.17) is 4.74 Å². The topological polar surface area (TPSA) is 29.5 Å². The summed E-state index contributed by atoms with van der Waals surface area (Å²) in [5.41, 5.74) is 0.394. The minimum atomic E-state index is -0.741. The summed E-state index contributed by atoms with van der Waals surface area (Å²) < 4.78 is 5.63. The van der Waals surface area contributed by atoms with Crippen molar-refractivity contribution >= 4 is 0 Å². The zero-order valence-electron chi connectivity index (χ0n) is 9.73. The zero-order chi connectivity index (χ0) is 11.3. The van der Waals surface area contributed by atoms with Crippen molar-refractivity contribution in [2.24, 2.45) is 0 Å². The van der Waals surface area contributed by atoms with Gasteiger partial charge in [-0.3, -0.25) is 0 Å². The molecule has 0 spiro atoms. The Morgan fingerprint density at radius 3 is 2.47 bits per heavy atom. The first kappa shape index (κ1) is 12.2. The summed E-state index contributed by atoms with van der Waals surface area (Å²) in [5, 5.41) is 9.94. The maximum Gasteiger partial charge on any atom is 0.0875 e. The molecule has 1 N–H and O–H groups in total. The van der Waals surface area contributed by atoms with E-state index in [1.807, 2.05) is 51.1 Å². The molecule has 0 fully saturated rings. The van der Waals surface area contributed by atoms with Crippen LogP contribution in [0.15, 0.2) is 30.3 Å². The van der Waals surface area contributed by atoms with Crippen molar-refractivity contribution in [1.82, 2.24) is 0 Å². The smallest absolute Gasteiger partial charge is 0.0875 e. The van der Waals surface area contributed by atoms with E-state index in [-0.39, 0.29) is 6.10 Å². The van der Waals surface area contributed by atoms with Gasteiger partial charge in [-0.1, -0.05) is 37.3 Å². The third kappa shape index (κ3) is 3.65. The number of hydrogen-bond acceptors (Lipinski definition) is 2. The number of rotatable bonds is 5. The van der Waals surface area contributed by atoms with E-state index < -0.39 is 5.60 Å². The molecule has 0 radical (unpaired) electrons. The Bertz CT molecular complexity index is 280. The first-order valence-corrected chi connectivity index (χ1v) is 5.44. The van der Waals surface area contributed by atoms with Crippen LogP contribution >= 0.6 is 0 Å². The summed E-state index contributed by atoms with van der Waals surface area (Å²) in [5.74, 6) is 0. The second-order valence-corrected chi connectivity index (χ2v) is 4.15. The summed E-state index contributed by atoms with van der Waals surface area (Å²) in [6.07, 6.45) is 0.547. The molecule has 0 saturated carbocycles. The van der Waals surface area contributed by atoms with Crippen molar-refractivity contribution in [1.29, 1.82) is 0 Å². The van der Waals surface area contributed by atoms with E-state index in [9.17, 15) is 5.11 Å². The molecular formula is C13H20O2. The lowest BCUT2D eigenvalue weighted by molar-refractivity contribution is -0.0973. The van der Waals surface area contributed by atoms with Crippen LogP contribution in [0, 0.1) is 0 Å². The SMILES string of the molecule is CC[C@](C)(O)[C@@H](C)OCc1ccccc1. The van der Waals surface area contributed by atoms with E-state index in [1.165, 1.54) is 0 Å². The highest BCUT2D eigenvalue weighted by atomic mass is 16.5. The molecule has 2 heteroatoms. The molecule has 0 saturated heterocycles. The van der Waals surface area contributed by atoms with E-state index in [0.29, 0.717) is 13.0 Å². The van der Waals surface area contributed by atoms with Gasteiger partial charge in [-0.15, -0.1) is 0 Å². The minimum Gasteiger partial charge on any atom is -0.387 e. The van der Waals surface area contributed by atoms with Crippen LogP contribution in [0.2, 0.25) is 0 Å². The molecule has 84 valence electrons. The highest BCUT2D eigenvalue weighted by Gasteiger charge is 2.26. The molecule has 0 aliphatic heterocycles. The molecule has 0 aliphatic rings. The fourth-order valence-electron chi connectivity index (χ4n) is 1.26. The van der Waals surface area contributed by atoms with Gasteiger partial charge >= 0.3 is 0 Å². The Balaban J connectivity index is 2.44. The van der Waals surface area contributed by atoms with Gasteiger partial charge in [0, 0.05) is 0 Å². The highest BCUT2D eigenvalue weighted by Crippen LogP contribution is 2.18. The van der Waals surface area contributed by atoms with Crippen LogP contribution < -0.4 is 0 Å². The van der Waals surface area contributed by atoms with E-state index >= 15 is 0 Å². The summed E-state index contributed by atoms with van der Waals surface area (Å²) in [6, 6.07) is 10.00. The minimum absolute atomic E-state index is 0.150. The van der Waals surface area contributed by atoms with Gasteiger partial charge in [0.25, 0.3) is 0 Å². The van der Waals surface area contributed by atoms with Crippen LogP contribution in [0.5, 0.6) is 0 Å². The normalized spacial score (nSPS) is 17.1. The van der Waals surface area contributed by atoms with Gasteiger partial charge in [-0.2, -0.15) is 0 Å². The maximum atomic E-state index is 9.94. The maximum absolute atomic E-state index is 9.94. The molecule has 1 rings (SSSR count). The second kappa shape index (κ2) is 5.29. The van der Waals surface area contributed by atoms with Gasteiger partial charge in [0.1, 0.15) is 0 Å². The number of ether oxygens (including phenoxy) is 1. The van der Waals surface area contributed by atoms with Crippen molar-refractivity contribution in [3.63, 3.8) is 0 Å². The van der Waals surface area contributed by atoms with Crippen LogP contribution in [-0.4, -0.2) is 16.8 Å². The van der Waals surface area contributed by atoms with Crippen molar-refractivity contribution in [3.8, 4) is 0 Å². The molecule has 0 aromatic heterocycles. The molecule has 0 unspecified atom stereocenters. The Morgan fingerprint density at radius 1 is 1.33 bits per heavy atom. The predicted octanol–water partition coefficient (Wildman–Crippen LogP) is 2.75. The fourth-order valence-corrected chi connectivity index (χ4v) is 1.26. The van der Waals surface area contributed by atoms with Gasteiger partial charge in [0.05, 0.1) is 18.3 Å². The van der Waals surface area contributed by atoms with E-state index in [2.05, 4.69) is 0 Å². The molecule has 0 aliphatic carbocycles. The molecule has 2 nitrogen and oxygen atoms in total. The third-order valence-electron chi connectivity index (χ3n) is 2.93. The van der Waals surface area contributed by atoms with Gasteiger partial charge in [-0.05, 0) is 25.8 Å². The van der Waals surface area contributed by atoms with Crippen LogP contribution in [0.4, 0.5) is 0 Å². The summed E-state index contributed by atoms with van der Waals surface area (Å²) >= 11 is 0. The molecular weight excluding hydrogens is 188 g/mol. The molecule has 0 bridgehead atoms. The van der Waals surface area contributed by atoms with Crippen molar-refractivity contribution in [2.75, 3.05) is 0 Å². The van der Waals surface area contributed by atoms with E-state index in [1.54, 1.807) is 0 Å². The largest absolute Gasteiger partial charge is 0.387 e. The molecule has 1 aromatic rings.